The number of aromatic nitrogens is 2. The van der Waals surface area contributed by atoms with Crippen LogP contribution in [-0.4, -0.2) is 53.7 Å². The summed E-state index contributed by atoms with van der Waals surface area (Å²) >= 11 is 0. The number of imidazole rings is 1. The Bertz CT molecular complexity index is 1050. The topological polar surface area (TPSA) is 76.8 Å². The number of quaternary nitrogens is 1. The molecule has 31 heavy (non-hydrogen) atoms. The Morgan fingerprint density at radius 3 is 2.32 bits per heavy atom. The Morgan fingerprint density at radius 1 is 0.968 bits per heavy atom. The zero-order valence-corrected chi connectivity index (χ0v) is 18.2. The van der Waals surface area contributed by atoms with Crippen molar-refractivity contribution in [2.24, 2.45) is 0 Å². The number of hydrogen-bond acceptors (Lipinski definition) is 4. The molecule has 1 aromatic heterocycles. The quantitative estimate of drug-likeness (QED) is 0.486. The minimum absolute atomic E-state index is 0.129. The van der Waals surface area contributed by atoms with Gasteiger partial charge in [0.05, 0.1) is 50.9 Å². The molecule has 0 bridgehead atoms. The van der Waals surface area contributed by atoms with Crippen molar-refractivity contribution >= 4 is 11.0 Å². The highest BCUT2D eigenvalue weighted by atomic mass is 16.5. The van der Waals surface area contributed by atoms with E-state index in [1.54, 1.807) is 12.0 Å². The molecule has 7 heteroatoms. The monoisotopic (exact) mass is 425 g/mol. The first-order valence-corrected chi connectivity index (χ1v) is 11.2. The molecule has 1 atom stereocenters. The van der Waals surface area contributed by atoms with Crippen molar-refractivity contribution in [2.45, 2.75) is 38.5 Å². The van der Waals surface area contributed by atoms with Crippen LogP contribution in [0.4, 0.5) is 0 Å². The number of hydrogen-bond donors (Lipinski definition) is 3. The highest BCUT2D eigenvalue weighted by molar-refractivity contribution is 5.75. The molecule has 1 saturated heterocycles. The summed E-state index contributed by atoms with van der Waals surface area (Å²) in [5.41, 5.74) is 2.44. The van der Waals surface area contributed by atoms with E-state index < -0.39 is 6.10 Å². The zero-order valence-electron chi connectivity index (χ0n) is 18.2. The lowest BCUT2D eigenvalue weighted by atomic mass is 10.1. The van der Waals surface area contributed by atoms with Crippen LogP contribution in [0.1, 0.15) is 19.3 Å². The molecule has 0 aliphatic carbocycles. The van der Waals surface area contributed by atoms with Gasteiger partial charge in [-0.15, -0.1) is 0 Å². The molecule has 0 radical (unpaired) electrons. The molecule has 166 valence electrons. The van der Waals surface area contributed by atoms with Gasteiger partial charge in [-0.3, -0.25) is 5.41 Å². The van der Waals surface area contributed by atoms with Gasteiger partial charge in [0, 0.05) is 0 Å². The molecule has 1 fully saturated rings. The second-order valence-electron chi connectivity index (χ2n) is 8.25. The number of fused-ring (bicyclic) bond motifs is 1. The average molecular weight is 426 g/mol. The van der Waals surface area contributed by atoms with Gasteiger partial charge in [0.25, 0.3) is 0 Å². The maximum Gasteiger partial charge on any atom is 0.203 e. The van der Waals surface area contributed by atoms with Crippen molar-refractivity contribution in [1.29, 1.82) is 5.41 Å². The number of para-hydroxylation sites is 4. The number of piperidine rings is 1. The van der Waals surface area contributed by atoms with Crippen LogP contribution in [0.3, 0.4) is 0 Å². The first-order chi connectivity index (χ1) is 15.2. The Labute approximate surface area is 182 Å². The normalized spacial score (nSPS) is 15.8. The lowest BCUT2D eigenvalue weighted by Gasteiger charge is -2.23. The summed E-state index contributed by atoms with van der Waals surface area (Å²) < 4.78 is 15.1. The number of likely N-dealkylation sites (tertiary alicyclic amines) is 1. The van der Waals surface area contributed by atoms with Gasteiger partial charge < -0.3 is 28.6 Å². The second-order valence-corrected chi connectivity index (χ2v) is 8.25. The number of benzene rings is 2. The fourth-order valence-corrected chi connectivity index (χ4v) is 4.46. The van der Waals surface area contributed by atoms with E-state index in [2.05, 4.69) is 10.6 Å². The van der Waals surface area contributed by atoms with Crippen molar-refractivity contribution in [3.63, 3.8) is 0 Å². The third kappa shape index (κ3) is 4.94. The Kier molecular flexibility index (Phi) is 6.94. The Hall–Kier alpha value is -2.77. The summed E-state index contributed by atoms with van der Waals surface area (Å²) in [4.78, 5) is 1.63. The molecule has 0 spiro atoms. The molecule has 0 saturated carbocycles. The van der Waals surface area contributed by atoms with Gasteiger partial charge in [-0.2, -0.15) is 0 Å². The first-order valence-electron chi connectivity index (χ1n) is 11.2. The predicted octanol–water partition coefficient (Wildman–Crippen LogP) is 1.44. The molecule has 4 rings (SSSR count). The number of rotatable bonds is 9. The van der Waals surface area contributed by atoms with Crippen LogP contribution in [0, 0.1) is 5.41 Å². The highest BCUT2D eigenvalue weighted by Crippen LogP contribution is 2.25. The third-order valence-electron chi connectivity index (χ3n) is 6.12. The molecular formula is C24H33N4O3+. The molecule has 1 unspecified atom stereocenters. The summed E-state index contributed by atoms with van der Waals surface area (Å²) in [5, 5.41) is 19.5. The van der Waals surface area contributed by atoms with Crippen LogP contribution in [0.2, 0.25) is 0 Å². The summed E-state index contributed by atoms with van der Waals surface area (Å²) in [6, 6.07) is 15.5. The number of aliphatic hydroxyl groups excluding tert-OH is 1. The van der Waals surface area contributed by atoms with Crippen LogP contribution >= 0.6 is 0 Å². The van der Waals surface area contributed by atoms with Crippen LogP contribution < -0.4 is 20.0 Å². The standard InChI is InChI=1S/C24H32N4O3/c1-30-22-11-5-6-12-23(22)31-18-19(29)17-28-21-10-4-3-9-20(21)27(24(28)25)16-15-26-13-7-2-8-14-26/h3-6,9-12,19,25,29H,2,7-8,13-18H2,1H3/p+1. The SMILES string of the molecule is COc1ccccc1OCC(O)Cn1c(=N)n(CC[NH+]2CCCCC2)c2ccccc21. The molecule has 3 aromatic rings. The number of ether oxygens (including phenoxy) is 2. The van der Waals surface area contributed by atoms with Crippen LogP contribution in [-0.2, 0) is 13.1 Å². The molecule has 2 heterocycles. The minimum Gasteiger partial charge on any atom is -0.493 e. The van der Waals surface area contributed by atoms with Crippen LogP contribution in [0.25, 0.3) is 11.0 Å². The number of aliphatic hydroxyl groups is 1. The second kappa shape index (κ2) is 10.0. The van der Waals surface area contributed by atoms with Crippen molar-refractivity contribution in [1.82, 2.24) is 9.13 Å². The maximum atomic E-state index is 10.7. The van der Waals surface area contributed by atoms with Crippen molar-refractivity contribution in [2.75, 3.05) is 33.4 Å². The molecular weight excluding hydrogens is 392 g/mol. The van der Waals surface area contributed by atoms with E-state index in [0.29, 0.717) is 23.7 Å². The van der Waals surface area contributed by atoms with Gasteiger partial charge in [0.2, 0.25) is 5.62 Å². The number of methoxy groups -OCH3 is 1. The summed E-state index contributed by atoms with van der Waals surface area (Å²) in [5.74, 6) is 1.24. The van der Waals surface area contributed by atoms with E-state index in [9.17, 15) is 5.11 Å². The molecule has 7 nitrogen and oxygen atoms in total. The molecule has 1 aliphatic rings. The zero-order chi connectivity index (χ0) is 21.6. The maximum absolute atomic E-state index is 10.7. The van der Waals surface area contributed by atoms with Crippen molar-refractivity contribution in [3.05, 3.63) is 54.1 Å². The van der Waals surface area contributed by atoms with Crippen molar-refractivity contribution < 1.29 is 19.5 Å². The first kappa shape index (κ1) is 21.5. The Balaban J connectivity index is 1.48. The molecule has 0 amide bonds. The fraction of sp³-hybridized carbons (Fsp3) is 0.458. The predicted molar refractivity (Wildman–Crippen MR) is 120 cm³/mol. The van der Waals surface area contributed by atoms with E-state index >= 15 is 0 Å². The smallest absolute Gasteiger partial charge is 0.203 e. The van der Waals surface area contributed by atoms with E-state index in [1.807, 2.05) is 47.0 Å². The van der Waals surface area contributed by atoms with E-state index in [0.717, 1.165) is 24.1 Å². The van der Waals surface area contributed by atoms with E-state index in [4.69, 9.17) is 14.9 Å². The van der Waals surface area contributed by atoms with Gasteiger partial charge in [-0.1, -0.05) is 24.3 Å². The number of nitrogens with one attached hydrogen (secondary N) is 2. The summed E-state index contributed by atoms with van der Waals surface area (Å²) in [6.45, 7) is 4.74. The van der Waals surface area contributed by atoms with Gasteiger partial charge in [0.15, 0.2) is 11.5 Å². The van der Waals surface area contributed by atoms with Gasteiger partial charge >= 0.3 is 0 Å². The summed E-state index contributed by atoms with van der Waals surface area (Å²) in [7, 11) is 1.60. The molecule has 3 N–H and O–H groups in total. The minimum atomic E-state index is -0.744. The third-order valence-corrected chi connectivity index (χ3v) is 6.12. The Morgan fingerprint density at radius 2 is 1.61 bits per heavy atom. The van der Waals surface area contributed by atoms with Crippen LogP contribution in [0.15, 0.2) is 48.5 Å². The largest absolute Gasteiger partial charge is 0.493 e. The number of nitrogens with zero attached hydrogens (tertiary/aromatic N) is 2. The summed E-state index contributed by atoms with van der Waals surface area (Å²) in [6.07, 6.45) is 3.20. The highest BCUT2D eigenvalue weighted by Gasteiger charge is 2.18. The van der Waals surface area contributed by atoms with Crippen molar-refractivity contribution in [3.8, 4) is 11.5 Å². The van der Waals surface area contributed by atoms with Crippen LogP contribution in [0.5, 0.6) is 11.5 Å². The lowest BCUT2D eigenvalue weighted by Crippen LogP contribution is -3.13. The van der Waals surface area contributed by atoms with E-state index in [1.165, 1.54) is 32.4 Å². The fourth-order valence-electron chi connectivity index (χ4n) is 4.46. The lowest BCUT2D eigenvalue weighted by molar-refractivity contribution is -0.905. The molecule has 1 aliphatic heterocycles. The van der Waals surface area contributed by atoms with Gasteiger partial charge in [-0.25, -0.2) is 0 Å². The average Bonchev–Trinajstić information content (AvgIpc) is 3.08. The molecule has 2 aromatic carbocycles. The van der Waals surface area contributed by atoms with Gasteiger partial charge in [-0.05, 0) is 43.5 Å². The van der Waals surface area contributed by atoms with Gasteiger partial charge in [0.1, 0.15) is 12.7 Å². The van der Waals surface area contributed by atoms with E-state index in [-0.39, 0.29) is 6.61 Å².